The van der Waals surface area contributed by atoms with Crippen molar-refractivity contribution in [3.63, 3.8) is 0 Å². The number of rotatable bonds is 5. The summed E-state index contributed by atoms with van der Waals surface area (Å²) in [7, 11) is 1.40. The van der Waals surface area contributed by atoms with Gasteiger partial charge >= 0.3 is 12.1 Å². The van der Waals surface area contributed by atoms with Crippen molar-refractivity contribution >= 4 is 12.1 Å². The predicted octanol–water partition coefficient (Wildman–Crippen LogP) is 1.01. The maximum Gasteiger partial charge on any atom is 0.409 e. The summed E-state index contributed by atoms with van der Waals surface area (Å²) >= 11 is 0. The summed E-state index contributed by atoms with van der Waals surface area (Å²) in [6.45, 7) is 6.06. The van der Waals surface area contributed by atoms with Gasteiger partial charge in [0.2, 0.25) is 0 Å². The Balaban J connectivity index is 2.23. The van der Waals surface area contributed by atoms with Crippen molar-refractivity contribution in [1.82, 2.24) is 10.2 Å². The second kappa shape index (κ2) is 7.99. The maximum atomic E-state index is 11.5. The Morgan fingerprint density at radius 1 is 1.37 bits per heavy atom. The molecule has 0 spiro atoms. The van der Waals surface area contributed by atoms with Crippen LogP contribution in [0, 0.1) is 5.92 Å². The van der Waals surface area contributed by atoms with Gasteiger partial charge in [-0.3, -0.25) is 4.79 Å². The number of esters is 1. The zero-order valence-corrected chi connectivity index (χ0v) is 12.0. The molecule has 0 aromatic rings. The Hall–Kier alpha value is -1.30. The molecule has 6 nitrogen and oxygen atoms in total. The standard InChI is InChI=1S/C13H24N2O4/c1-4-19-13(17)15-7-5-11(6-8-15)14-9-10(2)12(16)18-3/h10-11,14H,4-9H2,1-3H3. The van der Waals surface area contributed by atoms with Crippen LogP contribution in [0.3, 0.4) is 0 Å². The second-order valence-electron chi connectivity index (χ2n) is 4.79. The maximum absolute atomic E-state index is 11.5. The van der Waals surface area contributed by atoms with Crippen LogP contribution in [0.5, 0.6) is 0 Å². The van der Waals surface area contributed by atoms with Gasteiger partial charge in [0, 0.05) is 25.7 Å². The first-order chi connectivity index (χ1) is 9.08. The first-order valence-electron chi connectivity index (χ1n) is 6.81. The van der Waals surface area contributed by atoms with Crippen LogP contribution in [0.25, 0.3) is 0 Å². The Kier molecular flexibility index (Phi) is 6.62. The number of carbonyl (C=O) groups excluding carboxylic acids is 2. The average Bonchev–Trinajstić information content (AvgIpc) is 2.44. The molecule has 6 heteroatoms. The minimum absolute atomic E-state index is 0.145. The molecule has 19 heavy (non-hydrogen) atoms. The van der Waals surface area contributed by atoms with E-state index >= 15 is 0 Å². The number of ether oxygens (including phenoxy) is 2. The van der Waals surface area contributed by atoms with Gasteiger partial charge in [-0.15, -0.1) is 0 Å². The van der Waals surface area contributed by atoms with Crippen LogP contribution >= 0.6 is 0 Å². The number of amides is 1. The van der Waals surface area contributed by atoms with Crippen LogP contribution in [-0.2, 0) is 14.3 Å². The van der Waals surface area contributed by atoms with Gasteiger partial charge in [-0.1, -0.05) is 6.92 Å². The van der Waals surface area contributed by atoms with Crippen molar-refractivity contribution in [1.29, 1.82) is 0 Å². The molecule has 0 aliphatic carbocycles. The summed E-state index contributed by atoms with van der Waals surface area (Å²) in [6, 6.07) is 0.345. The van der Waals surface area contributed by atoms with Crippen molar-refractivity contribution in [2.75, 3.05) is 33.4 Å². The minimum atomic E-state index is -0.233. The van der Waals surface area contributed by atoms with Gasteiger partial charge in [-0.25, -0.2) is 4.79 Å². The molecular formula is C13H24N2O4. The molecule has 1 heterocycles. The first kappa shape index (κ1) is 15.8. The molecule has 0 radical (unpaired) electrons. The van der Waals surface area contributed by atoms with Crippen LogP contribution < -0.4 is 5.32 Å². The number of carbonyl (C=O) groups is 2. The number of hydrogen-bond donors (Lipinski definition) is 1. The van der Waals surface area contributed by atoms with Crippen LogP contribution in [0.15, 0.2) is 0 Å². The van der Waals surface area contributed by atoms with Gasteiger partial charge in [-0.05, 0) is 19.8 Å². The first-order valence-corrected chi connectivity index (χ1v) is 6.81. The average molecular weight is 272 g/mol. The number of nitrogens with one attached hydrogen (secondary N) is 1. The lowest BCUT2D eigenvalue weighted by Gasteiger charge is -2.32. The molecule has 1 amide bonds. The summed E-state index contributed by atoms with van der Waals surface area (Å²) in [5, 5.41) is 3.35. The van der Waals surface area contributed by atoms with E-state index in [2.05, 4.69) is 10.1 Å². The number of methoxy groups -OCH3 is 1. The fourth-order valence-electron chi connectivity index (χ4n) is 2.11. The van der Waals surface area contributed by atoms with Crippen molar-refractivity contribution in [2.24, 2.45) is 5.92 Å². The van der Waals surface area contributed by atoms with Gasteiger partial charge in [0.25, 0.3) is 0 Å². The largest absolute Gasteiger partial charge is 0.469 e. The highest BCUT2D eigenvalue weighted by Gasteiger charge is 2.24. The van der Waals surface area contributed by atoms with Gasteiger partial charge in [0.05, 0.1) is 19.6 Å². The highest BCUT2D eigenvalue weighted by Crippen LogP contribution is 2.12. The molecule has 0 aromatic carbocycles. The van der Waals surface area contributed by atoms with Crippen LogP contribution in [-0.4, -0.2) is 56.4 Å². The second-order valence-corrected chi connectivity index (χ2v) is 4.79. The Labute approximate surface area is 114 Å². The summed E-state index contributed by atoms with van der Waals surface area (Å²) in [4.78, 5) is 24.5. The fraction of sp³-hybridized carbons (Fsp3) is 0.846. The molecule has 0 aromatic heterocycles. The van der Waals surface area contributed by atoms with Crippen LogP contribution in [0.2, 0.25) is 0 Å². The van der Waals surface area contributed by atoms with E-state index in [1.807, 2.05) is 6.92 Å². The van der Waals surface area contributed by atoms with Gasteiger partial charge in [0.1, 0.15) is 0 Å². The zero-order chi connectivity index (χ0) is 14.3. The Morgan fingerprint density at radius 3 is 2.53 bits per heavy atom. The van der Waals surface area contributed by atoms with E-state index in [0.29, 0.717) is 32.3 Å². The summed E-state index contributed by atoms with van der Waals surface area (Å²) < 4.78 is 9.65. The molecule has 1 aliphatic heterocycles. The third-order valence-electron chi connectivity index (χ3n) is 3.34. The van der Waals surface area contributed by atoms with Gasteiger partial charge in [-0.2, -0.15) is 0 Å². The van der Waals surface area contributed by atoms with E-state index in [0.717, 1.165) is 12.8 Å². The van der Waals surface area contributed by atoms with E-state index in [1.54, 1.807) is 11.8 Å². The predicted molar refractivity (Wildman–Crippen MR) is 70.8 cm³/mol. The molecular weight excluding hydrogens is 248 g/mol. The molecule has 1 atom stereocenters. The number of likely N-dealkylation sites (tertiary alicyclic amines) is 1. The lowest BCUT2D eigenvalue weighted by Crippen LogP contribution is -2.46. The molecule has 1 fully saturated rings. The van der Waals surface area contributed by atoms with E-state index in [-0.39, 0.29) is 18.0 Å². The molecule has 1 unspecified atom stereocenters. The van der Waals surface area contributed by atoms with Crippen LogP contribution in [0.1, 0.15) is 26.7 Å². The third-order valence-corrected chi connectivity index (χ3v) is 3.34. The highest BCUT2D eigenvalue weighted by molar-refractivity contribution is 5.72. The molecule has 0 saturated carbocycles. The van der Waals surface area contributed by atoms with Gasteiger partial charge < -0.3 is 19.7 Å². The topological polar surface area (TPSA) is 67.9 Å². The van der Waals surface area contributed by atoms with Crippen molar-refractivity contribution < 1.29 is 19.1 Å². The minimum Gasteiger partial charge on any atom is -0.469 e. The SMILES string of the molecule is CCOC(=O)N1CCC(NCC(C)C(=O)OC)CC1. The third kappa shape index (κ3) is 5.06. The van der Waals surface area contributed by atoms with Crippen molar-refractivity contribution in [2.45, 2.75) is 32.7 Å². The number of piperidine rings is 1. The highest BCUT2D eigenvalue weighted by atomic mass is 16.6. The van der Waals surface area contributed by atoms with E-state index in [4.69, 9.17) is 4.74 Å². The number of nitrogens with zero attached hydrogens (tertiary/aromatic N) is 1. The normalized spacial score (nSPS) is 17.9. The summed E-state index contributed by atoms with van der Waals surface area (Å²) in [5.74, 6) is -0.343. The monoisotopic (exact) mass is 272 g/mol. The molecule has 110 valence electrons. The van der Waals surface area contributed by atoms with Gasteiger partial charge in [0.15, 0.2) is 0 Å². The Morgan fingerprint density at radius 2 is 2.00 bits per heavy atom. The summed E-state index contributed by atoms with van der Waals surface area (Å²) in [6.07, 6.45) is 1.53. The Bertz CT molecular complexity index is 301. The molecule has 0 bridgehead atoms. The fourth-order valence-corrected chi connectivity index (χ4v) is 2.11. The molecule has 1 saturated heterocycles. The quantitative estimate of drug-likeness (QED) is 0.756. The zero-order valence-electron chi connectivity index (χ0n) is 12.0. The molecule has 1 N–H and O–H groups in total. The van der Waals surface area contributed by atoms with E-state index < -0.39 is 0 Å². The summed E-state index contributed by atoms with van der Waals surface area (Å²) in [5.41, 5.74) is 0. The van der Waals surface area contributed by atoms with Crippen molar-refractivity contribution in [3.8, 4) is 0 Å². The van der Waals surface area contributed by atoms with Crippen molar-refractivity contribution in [3.05, 3.63) is 0 Å². The van der Waals surface area contributed by atoms with E-state index in [9.17, 15) is 9.59 Å². The van der Waals surface area contributed by atoms with Crippen LogP contribution in [0.4, 0.5) is 4.79 Å². The lowest BCUT2D eigenvalue weighted by molar-refractivity contribution is -0.144. The van der Waals surface area contributed by atoms with E-state index in [1.165, 1.54) is 7.11 Å². The lowest BCUT2D eigenvalue weighted by atomic mass is 10.0. The number of hydrogen-bond acceptors (Lipinski definition) is 5. The molecule has 1 rings (SSSR count). The smallest absolute Gasteiger partial charge is 0.409 e. The molecule has 1 aliphatic rings.